The lowest BCUT2D eigenvalue weighted by atomic mass is 9.96. The molecular weight excluding hydrogens is 167 g/mol. The SMILES string of the molecule is N[C@@H]1CCC[C@H]2[C@@H]1[C@@H]2C(F)(F)F. The molecule has 2 rings (SSSR count). The van der Waals surface area contributed by atoms with Crippen LogP contribution in [0.4, 0.5) is 13.2 Å². The zero-order chi connectivity index (χ0) is 8.93. The molecule has 2 fully saturated rings. The fraction of sp³-hybridized carbons (Fsp3) is 1.00. The summed E-state index contributed by atoms with van der Waals surface area (Å²) in [4.78, 5) is 0. The summed E-state index contributed by atoms with van der Waals surface area (Å²) < 4.78 is 36.8. The van der Waals surface area contributed by atoms with Crippen LogP contribution in [0.5, 0.6) is 0 Å². The van der Waals surface area contributed by atoms with E-state index in [4.69, 9.17) is 5.73 Å². The highest BCUT2D eigenvalue weighted by molar-refractivity contribution is 5.07. The fourth-order valence-electron chi connectivity index (χ4n) is 2.60. The van der Waals surface area contributed by atoms with E-state index < -0.39 is 12.1 Å². The van der Waals surface area contributed by atoms with Gasteiger partial charge in [0, 0.05) is 6.04 Å². The first-order chi connectivity index (χ1) is 5.52. The number of alkyl halides is 3. The van der Waals surface area contributed by atoms with Crippen LogP contribution in [0, 0.1) is 17.8 Å². The molecule has 0 aromatic carbocycles. The molecule has 2 aliphatic carbocycles. The highest BCUT2D eigenvalue weighted by atomic mass is 19.4. The van der Waals surface area contributed by atoms with Crippen molar-refractivity contribution in [1.82, 2.24) is 0 Å². The first-order valence-electron chi connectivity index (χ1n) is 4.34. The summed E-state index contributed by atoms with van der Waals surface area (Å²) in [5, 5.41) is 0. The second kappa shape index (κ2) is 2.37. The Morgan fingerprint density at radius 1 is 1.17 bits per heavy atom. The minimum Gasteiger partial charge on any atom is -0.327 e. The van der Waals surface area contributed by atoms with Crippen LogP contribution in [0.15, 0.2) is 0 Å². The van der Waals surface area contributed by atoms with Crippen molar-refractivity contribution in [3.05, 3.63) is 0 Å². The molecule has 0 aromatic heterocycles. The molecule has 1 nitrogen and oxygen atoms in total. The summed E-state index contributed by atoms with van der Waals surface area (Å²) >= 11 is 0. The smallest absolute Gasteiger partial charge is 0.327 e. The van der Waals surface area contributed by atoms with Gasteiger partial charge in [0.2, 0.25) is 0 Å². The van der Waals surface area contributed by atoms with Gasteiger partial charge >= 0.3 is 6.18 Å². The molecular formula is C8H12F3N. The van der Waals surface area contributed by atoms with Crippen LogP contribution in [0.1, 0.15) is 19.3 Å². The van der Waals surface area contributed by atoms with Crippen molar-refractivity contribution >= 4 is 0 Å². The Balaban J connectivity index is 2.05. The third kappa shape index (κ3) is 1.13. The topological polar surface area (TPSA) is 26.0 Å². The van der Waals surface area contributed by atoms with Gasteiger partial charge in [0.1, 0.15) is 0 Å². The van der Waals surface area contributed by atoms with Gasteiger partial charge in [-0.2, -0.15) is 13.2 Å². The summed E-state index contributed by atoms with van der Waals surface area (Å²) in [7, 11) is 0. The van der Waals surface area contributed by atoms with Crippen molar-refractivity contribution < 1.29 is 13.2 Å². The molecule has 0 radical (unpaired) electrons. The lowest BCUT2D eigenvalue weighted by Gasteiger charge is -2.15. The maximum atomic E-state index is 12.3. The predicted molar refractivity (Wildman–Crippen MR) is 38.4 cm³/mol. The molecule has 0 spiro atoms. The fourth-order valence-corrected chi connectivity index (χ4v) is 2.60. The van der Waals surface area contributed by atoms with Crippen LogP contribution < -0.4 is 5.73 Å². The predicted octanol–water partition coefficient (Wildman–Crippen LogP) is 1.92. The van der Waals surface area contributed by atoms with Gasteiger partial charge in [-0.15, -0.1) is 0 Å². The second-order valence-corrected chi connectivity index (χ2v) is 3.90. The van der Waals surface area contributed by atoms with E-state index in [2.05, 4.69) is 0 Å². The lowest BCUT2D eigenvalue weighted by molar-refractivity contribution is -0.154. The van der Waals surface area contributed by atoms with Crippen molar-refractivity contribution in [2.75, 3.05) is 0 Å². The number of halogens is 3. The number of hydrogen-bond acceptors (Lipinski definition) is 1. The summed E-state index contributed by atoms with van der Waals surface area (Å²) in [5.74, 6) is -1.47. The van der Waals surface area contributed by atoms with Crippen molar-refractivity contribution in [3.63, 3.8) is 0 Å². The van der Waals surface area contributed by atoms with Crippen LogP contribution >= 0.6 is 0 Å². The first-order valence-corrected chi connectivity index (χ1v) is 4.34. The van der Waals surface area contributed by atoms with Gasteiger partial charge in [0.25, 0.3) is 0 Å². The van der Waals surface area contributed by atoms with E-state index in [1.165, 1.54) is 0 Å². The lowest BCUT2D eigenvalue weighted by Crippen LogP contribution is -2.27. The summed E-state index contributed by atoms with van der Waals surface area (Å²) in [6.07, 6.45) is -1.64. The van der Waals surface area contributed by atoms with E-state index >= 15 is 0 Å². The number of hydrogen-bond donors (Lipinski definition) is 1. The van der Waals surface area contributed by atoms with Crippen LogP contribution in [0.2, 0.25) is 0 Å². The van der Waals surface area contributed by atoms with E-state index in [1.54, 1.807) is 0 Å². The number of nitrogens with two attached hydrogens (primary N) is 1. The normalized spacial score (nSPS) is 47.0. The van der Waals surface area contributed by atoms with Gasteiger partial charge in [-0.1, -0.05) is 6.42 Å². The highest BCUT2D eigenvalue weighted by Gasteiger charge is 2.66. The molecule has 0 saturated heterocycles. The molecule has 2 saturated carbocycles. The number of rotatable bonds is 0. The first kappa shape index (κ1) is 8.35. The minimum absolute atomic E-state index is 0.145. The van der Waals surface area contributed by atoms with E-state index in [-0.39, 0.29) is 17.9 Å². The molecule has 12 heavy (non-hydrogen) atoms. The Morgan fingerprint density at radius 2 is 1.83 bits per heavy atom. The minimum atomic E-state index is -4.00. The largest absolute Gasteiger partial charge is 0.392 e. The molecule has 0 aliphatic heterocycles. The van der Waals surface area contributed by atoms with Crippen molar-refractivity contribution in [2.24, 2.45) is 23.5 Å². The Labute approximate surface area is 69.1 Å². The third-order valence-electron chi connectivity index (χ3n) is 3.18. The Bertz CT molecular complexity index is 189. The third-order valence-corrected chi connectivity index (χ3v) is 3.18. The molecule has 2 aliphatic rings. The van der Waals surface area contributed by atoms with E-state index in [0.717, 1.165) is 19.3 Å². The molecule has 0 unspecified atom stereocenters. The van der Waals surface area contributed by atoms with E-state index in [1.807, 2.05) is 0 Å². The van der Waals surface area contributed by atoms with E-state index in [9.17, 15) is 13.2 Å². The second-order valence-electron chi connectivity index (χ2n) is 3.90. The van der Waals surface area contributed by atoms with Gasteiger partial charge in [-0.25, -0.2) is 0 Å². The maximum Gasteiger partial charge on any atom is 0.392 e. The van der Waals surface area contributed by atoms with Gasteiger partial charge in [0.15, 0.2) is 0 Å². The maximum absolute atomic E-state index is 12.3. The summed E-state index contributed by atoms with van der Waals surface area (Å²) in [5.41, 5.74) is 5.61. The van der Waals surface area contributed by atoms with Gasteiger partial charge < -0.3 is 5.73 Å². The van der Waals surface area contributed by atoms with Gasteiger partial charge in [-0.3, -0.25) is 0 Å². The summed E-state index contributed by atoms with van der Waals surface area (Å²) in [6, 6.07) is -0.199. The van der Waals surface area contributed by atoms with Crippen LogP contribution in [0.3, 0.4) is 0 Å². The van der Waals surface area contributed by atoms with Crippen LogP contribution in [0.25, 0.3) is 0 Å². The van der Waals surface area contributed by atoms with Crippen molar-refractivity contribution in [3.8, 4) is 0 Å². The molecule has 0 amide bonds. The highest BCUT2D eigenvalue weighted by Crippen LogP contribution is 2.61. The quantitative estimate of drug-likeness (QED) is 0.604. The zero-order valence-corrected chi connectivity index (χ0v) is 6.64. The Hall–Kier alpha value is -0.250. The average Bonchev–Trinajstić information content (AvgIpc) is 2.60. The van der Waals surface area contributed by atoms with Crippen molar-refractivity contribution in [2.45, 2.75) is 31.5 Å². The molecule has 2 N–H and O–H groups in total. The zero-order valence-electron chi connectivity index (χ0n) is 6.64. The molecule has 0 heterocycles. The van der Waals surface area contributed by atoms with Crippen LogP contribution in [-0.2, 0) is 0 Å². The number of fused-ring (bicyclic) bond motifs is 1. The summed E-state index contributed by atoms with van der Waals surface area (Å²) in [6.45, 7) is 0. The van der Waals surface area contributed by atoms with E-state index in [0.29, 0.717) is 0 Å². The van der Waals surface area contributed by atoms with Gasteiger partial charge in [-0.05, 0) is 24.7 Å². The molecule has 70 valence electrons. The average molecular weight is 179 g/mol. The van der Waals surface area contributed by atoms with Crippen LogP contribution in [-0.4, -0.2) is 12.2 Å². The standard InChI is InChI=1S/C8H12F3N/c9-8(10,11)7-4-2-1-3-5(12)6(4)7/h4-7H,1-3,12H2/t4-,5+,6-,7+/m0/s1. The Kier molecular flexibility index (Phi) is 1.65. The van der Waals surface area contributed by atoms with Crippen molar-refractivity contribution in [1.29, 1.82) is 0 Å². The molecule has 4 atom stereocenters. The Morgan fingerprint density at radius 3 is 2.33 bits per heavy atom. The molecule has 0 aromatic rings. The molecule has 4 heteroatoms. The monoisotopic (exact) mass is 179 g/mol. The molecule has 0 bridgehead atoms. The van der Waals surface area contributed by atoms with Gasteiger partial charge in [0.05, 0.1) is 5.92 Å².